The maximum atomic E-state index is 5.96. The molecule has 2 aromatic carbocycles. The zero-order chi connectivity index (χ0) is 13.6. The zero-order valence-corrected chi connectivity index (χ0v) is 12.3. The van der Waals surface area contributed by atoms with Crippen molar-refractivity contribution in [3.05, 3.63) is 45.9 Å². The maximum absolute atomic E-state index is 5.96. The lowest BCUT2D eigenvalue weighted by Crippen LogP contribution is -1.87. The molecule has 2 N–H and O–H groups in total. The lowest BCUT2D eigenvalue weighted by atomic mass is 10.0. The predicted molar refractivity (Wildman–Crippen MR) is 81.0 cm³/mol. The molecular weight excluding hydrogens is 304 g/mol. The summed E-state index contributed by atoms with van der Waals surface area (Å²) in [6.45, 7) is 4.10. The third-order valence-electron chi connectivity index (χ3n) is 3.18. The van der Waals surface area contributed by atoms with E-state index in [1.165, 1.54) is 0 Å². The molecule has 0 atom stereocenters. The molecule has 96 valence electrons. The molecule has 3 aromatic rings. The van der Waals surface area contributed by atoms with Crippen LogP contribution in [0.3, 0.4) is 0 Å². The van der Waals surface area contributed by atoms with Crippen molar-refractivity contribution >= 4 is 32.7 Å². The second-order valence-electron chi connectivity index (χ2n) is 4.63. The number of nitrogens with two attached hydrogens (primary N) is 1. The number of nitrogen functional groups attached to an aromatic ring is 1. The summed E-state index contributed by atoms with van der Waals surface area (Å²) in [6.07, 6.45) is 0. The third-order valence-corrected chi connectivity index (χ3v) is 3.64. The molecule has 0 radical (unpaired) electrons. The first kappa shape index (κ1) is 12.2. The molecule has 0 saturated carbocycles. The summed E-state index contributed by atoms with van der Waals surface area (Å²) in [7, 11) is 0. The van der Waals surface area contributed by atoms with Gasteiger partial charge in [0.15, 0.2) is 5.58 Å². The summed E-state index contributed by atoms with van der Waals surface area (Å²) < 4.78 is 6.75. The molecule has 3 rings (SSSR count). The van der Waals surface area contributed by atoms with Crippen molar-refractivity contribution in [1.29, 1.82) is 0 Å². The standard InChI is InChI=1S/C15H13BrN2O/c1-8-4-3-5-9(2)13(8)15-18-12-7-10(16)6-11(17)14(12)19-15/h3-7H,17H2,1-2H3. The molecule has 1 aromatic heterocycles. The number of anilines is 1. The second kappa shape index (κ2) is 4.38. The smallest absolute Gasteiger partial charge is 0.227 e. The van der Waals surface area contributed by atoms with Gasteiger partial charge in [0.05, 0.1) is 5.69 Å². The Labute approximate surface area is 119 Å². The van der Waals surface area contributed by atoms with Crippen LogP contribution in [0.4, 0.5) is 5.69 Å². The van der Waals surface area contributed by atoms with Gasteiger partial charge in [0.25, 0.3) is 0 Å². The summed E-state index contributed by atoms with van der Waals surface area (Å²) in [6, 6.07) is 9.86. The molecule has 0 amide bonds. The Morgan fingerprint density at radius 3 is 2.53 bits per heavy atom. The highest BCUT2D eigenvalue weighted by atomic mass is 79.9. The van der Waals surface area contributed by atoms with E-state index in [0.29, 0.717) is 17.2 Å². The minimum Gasteiger partial charge on any atom is -0.434 e. The van der Waals surface area contributed by atoms with E-state index in [-0.39, 0.29) is 0 Å². The van der Waals surface area contributed by atoms with Crippen LogP contribution >= 0.6 is 15.9 Å². The summed E-state index contributed by atoms with van der Waals surface area (Å²) in [5, 5.41) is 0. The number of hydrogen-bond acceptors (Lipinski definition) is 3. The fraction of sp³-hybridized carbons (Fsp3) is 0.133. The number of hydrogen-bond donors (Lipinski definition) is 1. The van der Waals surface area contributed by atoms with Crippen LogP contribution in [0.15, 0.2) is 39.2 Å². The Morgan fingerprint density at radius 1 is 1.16 bits per heavy atom. The van der Waals surface area contributed by atoms with Crippen LogP contribution in [0, 0.1) is 13.8 Å². The first-order valence-electron chi connectivity index (χ1n) is 5.98. The van der Waals surface area contributed by atoms with Crippen LogP contribution in [0.5, 0.6) is 0 Å². The molecule has 0 aliphatic carbocycles. The van der Waals surface area contributed by atoms with Crippen molar-refractivity contribution in [1.82, 2.24) is 4.98 Å². The van der Waals surface area contributed by atoms with Crippen molar-refractivity contribution in [3.63, 3.8) is 0 Å². The molecule has 0 aliphatic rings. The van der Waals surface area contributed by atoms with E-state index in [9.17, 15) is 0 Å². The topological polar surface area (TPSA) is 52.0 Å². The van der Waals surface area contributed by atoms with Crippen molar-refractivity contribution < 1.29 is 4.42 Å². The maximum Gasteiger partial charge on any atom is 0.227 e. The van der Waals surface area contributed by atoms with Crippen molar-refractivity contribution in [2.45, 2.75) is 13.8 Å². The molecule has 19 heavy (non-hydrogen) atoms. The summed E-state index contributed by atoms with van der Waals surface area (Å²) in [4.78, 5) is 4.55. The number of halogens is 1. The number of aromatic nitrogens is 1. The highest BCUT2D eigenvalue weighted by molar-refractivity contribution is 9.10. The van der Waals surface area contributed by atoms with Gasteiger partial charge in [0.2, 0.25) is 5.89 Å². The van der Waals surface area contributed by atoms with Crippen molar-refractivity contribution in [3.8, 4) is 11.5 Å². The van der Waals surface area contributed by atoms with E-state index < -0.39 is 0 Å². The number of fused-ring (bicyclic) bond motifs is 1. The van der Waals surface area contributed by atoms with E-state index in [1.807, 2.05) is 18.2 Å². The second-order valence-corrected chi connectivity index (χ2v) is 5.54. The van der Waals surface area contributed by atoms with Crippen LogP contribution in [0.25, 0.3) is 22.6 Å². The van der Waals surface area contributed by atoms with Crippen LogP contribution in [0.1, 0.15) is 11.1 Å². The van der Waals surface area contributed by atoms with Gasteiger partial charge in [0, 0.05) is 10.0 Å². The molecule has 0 fully saturated rings. The first-order chi connectivity index (χ1) is 9.06. The van der Waals surface area contributed by atoms with Gasteiger partial charge >= 0.3 is 0 Å². The quantitative estimate of drug-likeness (QED) is 0.674. The minimum atomic E-state index is 0.592. The monoisotopic (exact) mass is 316 g/mol. The number of nitrogens with zero attached hydrogens (tertiary/aromatic N) is 1. The van der Waals surface area contributed by atoms with Crippen molar-refractivity contribution in [2.24, 2.45) is 0 Å². The summed E-state index contributed by atoms with van der Waals surface area (Å²) in [5.41, 5.74) is 11.3. The highest BCUT2D eigenvalue weighted by Crippen LogP contribution is 2.33. The Kier molecular flexibility index (Phi) is 2.82. The normalized spacial score (nSPS) is 11.1. The molecule has 4 heteroatoms. The predicted octanol–water partition coefficient (Wildman–Crippen LogP) is 4.46. The lowest BCUT2D eigenvalue weighted by molar-refractivity contribution is 0.620. The molecule has 3 nitrogen and oxygen atoms in total. The number of rotatable bonds is 1. The summed E-state index contributed by atoms with van der Waals surface area (Å²) >= 11 is 3.42. The Bertz CT molecular complexity index is 757. The van der Waals surface area contributed by atoms with Gasteiger partial charge in [-0.1, -0.05) is 34.1 Å². The Hall–Kier alpha value is -1.81. The van der Waals surface area contributed by atoms with Gasteiger partial charge in [0.1, 0.15) is 5.52 Å². The average molecular weight is 317 g/mol. The zero-order valence-electron chi connectivity index (χ0n) is 10.7. The minimum absolute atomic E-state index is 0.592. The molecule has 1 heterocycles. The molecule has 0 unspecified atom stereocenters. The van der Waals surface area contributed by atoms with Gasteiger partial charge in [-0.05, 0) is 37.1 Å². The van der Waals surface area contributed by atoms with Gasteiger partial charge in [-0.2, -0.15) is 0 Å². The Morgan fingerprint density at radius 2 is 1.84 bits per heavy atom. The molecular formula is C15H13BrN2O. The van der Waals surface area contributed by atoms with Gasteiger partial charge < -0.3 is 10.2 Å². The fourth-order valence-corrected chi connectivity index (χ4v) is 2.75. The molecule has 0 saturated heterocycles. The van der Waals surface area contributed by atoms with Crippen LogP contribution in [-0.4, -0.2) is 4.98 Å². The number of aryl methyl sites for hydroxylation is 2. The molecule has 0 aliphatic heterocycles. The number of benzene rings is 2. The van der Waals surface area contributed by atoms with E-state index in [0.717, 1.165) is 26.7 Å². The van der Waals surface area contributed by atoms with Gasteiger partial charge in [-0.15, -0.1) is 0 Å². The van der Waals surface area contributed by atoms with Crippen LogP contribution < -0.4 is 5.73 Å². The van der Waals surface area contributed by atoms with Crippen LogP contribution in [0.2, 0.25) is 0 Å². The lowest BCUT2D eigenvalue weighted by Gasteiger charge is -2.04. The highest BCUT2D eigenvalue weighted by Gasteiger charge is 2.14. The average Bonchev–Trinajstić information content (AvgIpc) is 2.72. The fourth-order valence-electron chi connectivity index (χ4n) is 2.28. The third kappa shape index (κ3) is 2.02. The van der Waals surface area contributed by atoms with E-state index in [2.05, 4.69) is 46.9 Å². The molecule has 0 spiro atoms. The first-order valence-corrected chi connectivity index (χ1v) is 6.77. The molecule has 0 bridgehead atoms. The van der Waals surface area contributed by atoms with Crippen molar-refractivity contribution in [2.75, 3.05) is 5.73 Å². The van der Waals surface area contributed by atoms with Gasteiger partial charge in [-0.3, -0.25) is 0 Å². The van der Waals surface area contributed by atoms with Crippen LogP contribution in [-0.2, 0) is 0 Å². The Balaban J connectivity index is 2.30. The number of oxazole rings is 1. The summed E-state index contributed by atoms with van der Waals surface area (Å²) in [5.74, 6) is 0.621. The largest absolute Gasteiger partial charge is 0.434 e. The SMILES string of the molecule is Cc1cccc(C)c1-c1nc2cc(Br)cc(N)c2o1. The van der Waals surface area contributed by atoms with Gasteiger partial charge in [-0.25, -0.2) is 4.98 Å². The van der Waals surface area contributed by atoms with E-state index in [4.69, 9.17) is 10.2 Å². The van der Waals surface area contributed by atoms with E-state index in [1.54, 1.807) is 0 Å². The van der Waals surface area contributed by atoms with E-state index >= 15 is 0 Å².